The average molecular weight is 517 g/mol. The molecule has 3 saturated heterocycles. The molecule has 3 rings (SSSR count). The molecule has 0 aromatic heterocycles. The Morgan fingerprint density at radius 3 is 2.69 bits per heavy atom. The van der Waals surface area contributed by atoms with Crippen molar-refractivity contribution in [1.29, 1.82) is 0 Å². The lowest BCUT2D eigenvalue weighted by atomic mass is 9.70. The van der Waals surface area contributed by atoms with Crippen LogP contribution in [0.1, 0.15) is 65.7 Å². The Morgan fingerprint density at radius 1 is 1.31 bits per heavy atom. The molecule has 3 heterocycles. The molecule has 182 valence electrons. The Kier molecular flexibility index (Phi) is 8.60. The van der Waals surface area contributed by atoms with Crippen LogP contribution < -0.4 is 5.32 Å². The van der Waals surface area contributed by atoms with E-state index in [1.165, 1.54) is 0 Å². The predicted octanol–water partition coefficient (Wildman–Crippen LogP) is 2.15. The summed E-state index contributed by atoms with van der Waals surface area (Å²) in [5, 5.41) is 12.1. The van der Waals surface area contributed by atoms with Crippen LogP contribution in [-0.4, -0.2) is 76.2 Å². The van der Waals surface area contributed by atoms with Gasteiger partial charge in [0, 0.05) is 24.0 Å². The van der Waals surface area contributed by atoms with Crippen LogP contribution in [0.2, 0.25) is 0 Å². The standard InChI is InChI=1S/C23H37BrN2O6/c1-4-10-14(3)25-20(28)19-23-13-15(24)18(32-23)16(22(30)31-5-2)17(23)21(29)26(19)11-8-6-7-9-12-27/h14-19,27H,4-13H2,1-3H3,(H,25,28)/t14?,15?,16-,17-,18-,19?,23?/m0/s1. The molecule has 0 aromatic carbocycles. The van der Waals surface area contributed by atoms with Gasteiger partial charge in [0.1, 0.15) is 11.6 Å². The number of unbranched alkanes of at least 4 members (excludes halogenated alkanes) is 3. The first-order valence-electron chi connectivity index (χ1n) is 12.0. The molecule has 0 saturated carbocycles. The van der Waals surface area contributed by atoms with Crippen LogP contribution in [0.5, 0.6) is 0 Å². The van der Waals surface area contributed by atoms with E-state index in [1.54, 1.807) is 11.8 Å². The van der Waals surface area contributed by atoms with Gasteiger partial charge in [0.05, 0.1) is 24.5 Å². The molecule has 0 aromatic rings. The monoisotopic (exact) mass is 516 g/mol. The van der Waals surface area contributed by atoms with Crippen LogP contribution in [0.4, 0.5) is 0 Å². The number of carbonyl (C=O) groups excluding carboxylic acids is 3. The zero-order chi connectivity index (χ0) is 23.5. The zero-order valence-electron chi connectivity index (χ0n) is 19.3. The van der Waals surface area contributed by atoms with Gasteiger partial charge in [-0.05, 0) is 39.5 Å². The van der Waals surface area contributed by atoms with Crippen LogP contribution in [0.25, 0.3) is 0 Å². The smallest absolute Gasteiger partial charge is 0.312 e. The van der Waals surface area contributed by atoms with Gasteiger partial charge >= 0.3 is 5.97 Å². The maximum atomic E-state index is 13.6. The summed E-state index contributed by atoms with van der Waals surface area (Å²) in [5.41, 5.74) is -1.02. The second-order valence-corrected chi connectivity index (χ2v) is 10.5. The number of aliphatic hydroxyl groups is 1. The number of halogens is 1. The predicted molar refractivity (Wildman–Crippen MR) is 122 cm³/mol. The van der Waals surface area contributed by atoms with Gasteiger partial charge in [0.25, 0.3) is 0 Å². The molecular weight excluding hydrogens is 480 g/mol. The van der Waals surface area contributed by atoms with E-state index in [2.05, 4.69) is 28.2 Å². The molecule has 4 unspecified atom stereocenters. The normalized spacial score (nSPS) is 34.0. The summed E-state index contributed by atoms with van der Waals surface area (Å²) in [6, 6.07) is -0.773. The fraction of sp³-hybridized carbons (Fsp3) is 0.870. The molecule has 9 heteroatoms. The summed E-state index contributed by atoms with van der Waals surface area (Å²) in [7, 11) is 0. The first kappa shape index (κ1) is 25.4. The molecule has 3 aliphatic heterocycles. The van der Waals surface area contributed by atoms with Crippen molar-refractivity contribution in [2.24, 2.45) is 11.8 Å². The fourth-order valence-corrected chi connectivity index (χ4v) is 6.70. The molecule has 7 atom stereocenters. The molecule has 2 N–H and O–H groups in total. The Hall–Kier alpha value is -1.19. The van der Waals surface area contributed by atoms with Crippen LogP contribution in [0.3, 0.4) is 0 Å². The van der Waals surface area contributed by atoms with Crippen LogP contribution in [-0.2, 0) is 23.9 Å². The molecule has 2 bridgehead atoms. The van der Waals surface area contributed by atoms with Crippen molar-refractivity contribution in [2.45, 2.75) is 94.3 Å². The Bertz CT molecular complexity index is 706. The Balaban J connectivity index is 1.88. The lowest BCUT2D eigenvalue weighted by Crippen LogP contribution is -2.57. The number of esters is 1. The summed E-state index contributed by atoms with van der Waals surface area (Å²) < 4.78 is 11.7. The molecule has 32 heavy (non-hydrogen) atoms. The quantitative estimate of drug-likeness (QED) is 0.234. The largest absolute Gasteiger partial charge is 0.466 e. The summed E-state index contributed by atoms with van der Waals surface area (Å²) >= 11 is 3.64. The van der Waals surface area contributed by atoms with Crippen molar-refractivity contribution in [2.75, 3.05) is 19.8 Å². The van der Waals surface area contributed by atoms with Crippen molar-refractivity contribution in [3.05, 3.63) is 0 Å². The van der Waals surface area contributed by atoms with Gasteiger partial charge in [-0.3, -0.25) is 14.4 Å². The first-order chi connectivity index (χ1) is 15.3. The second-order valence-electron chi connectivity index (χ2n) is 9.28. The molecular formula is C23H37BrN2O6. The minimum absolute atomic E-state index is 0.0105. The van der Waals surface area contributed by atoms with Gasteiger partial charge in [0.15, 0.2) is 0 Å². The van der Waals surface area contributed by atoms with Crippen LogP contribution >= 0.6 is 15.9 Å². The number of likely N-dealkylation sites (tertiary alicyclic amines) is 1. The van der Waals surface area contributed by atoms with Crippen LogP contribution in [0.15, 0.2) is 0 Å². The lowest BCUT2D eigenvalue weighted by molar-refractivity contribution is -0.154. The third-order valence-electron chi connectivity index (χ3n) is 7.01. The number of alkyl halides is 1. The third-order valence-corrected chi connectivity index (χ3v) is 7.86. The molecule has 1 spiro atoms. The number of hydrogen-bond acceptors (Lipinski definition) is 6. The number of carbonyl (C=O) groups is 3. The van der Waals surface area contributed by atoms with Crippen molar-refractivity contribution in [3.8, 4) is 0 Å². The van der Waals surface area contributed by atoms with E-state index in [9.17, 15) is 14.4 Å². The van der Waals surface area contributed by atoms with Crippen LogP contribution in [0, 0.1) is 11.8 Å². The number of fused-ring (bicyclic) bond motifs is 1. The number of aliphatic hydroxyl groups excluding tert-OH is 1. The van der Waals surface area contributed by atoms with Crippen molar-refractivity contribution in [3.63, 3.8) is 0 Å². The van der Waals surface area contributed by atoms with E-state index >= 15 is 0 Å². The van der Waals surface area contributed by atoms with E-state index in [0.29, 0.717) is 13.0 Å². The van der Waals surface area contributed by atoms with Gasteiger partial charge in [0.2, 0.25) is 11.8 Å². The zero-order valence-corrected chi connectivity index (χ0v) is 20.9. The summed E-state index contributed by atoms with van der Waals surface area (Å²) in [6.07, 6.45) is 5.00. The minimum atomic E-state index is -1.02. The second kappa shape index (κ2) is 10.8. The van der Waals surface area contributed by atoms with E-state index in [1.807, 2.05) is 6.92 Å². The molecule has 3 fully saturated rings. The highest BCUT2D eigenvalue weighted by Crippen LogP contribution is 2.60. The maximum Gasteiger partial charge on any atom is 0.312 e. The summed E-state index contributed by atoms with van der Waals surface area (Å²) in [6.45, 7) is 6.59. The first-order valence-corrected chi connectivity index (χ1v) is 12.9. The maximum absolute atomic E-state index is 13.6. The van der Waals surface area contributed by atoms with E-state index < -0.39 is 35.6 Å². The SMILES string of the molecule is CCCC(C)NC(=O)C1N(CCCCCCO)C(=O)[C@@H]2[C@H](C(=O)OCC)[C@H]3OC12CC3Br. The number of nitrogens with one attached hydrogen (secondary N) is 1. The highest BCUT2D eigenvalue weighted by Gasteiger charge is 2.76. The molecule has 3 aliphatic rings. The number of ether oxygens (including phenoxy) is 2. The van der Waals surface area contributed by atoms with E-state index in [4.69, 9.17) is 14.6 Å². The molecule has 0 radical (unpaired) electrons. The van der Waals surface area contributed by atoms with Gasteiger partial charge in [-0.15, -0.1) is 0 Å². The average Bonchev–Trinajstić information content (AvgIpc) is 3.32. The van der Waals surface area contributed by atoms with Gasteiger partial charge in [-0.2, -0.15) is 0 Å². The van der Waals surface area contributed by atoms with Crippen molar-refractivity contribution >= 4 is 33.7 Å². The van der Waals surface area contributed by atoms with Gasteiger partial charge in [-0.25, -0.2) is 0 Å². The molecule has 2 amide bonds. The number of nitrogens with zero attached hydrogens (tertiary/aromatic N) is 1. The van der Waals surface area contributed by atoms with Crippen molar-refractivity contribution in [1.82, 2.24) is 10.2 Å². The highest BCUT2D eigenvalue weighted by molar-refractivity contribution is 9.09. The highest BCUT2D eigenvalue weighted by atomic mass is 79.9. The fourth-order valence-electron chi connectivity index (χ4n) is 5.75. The number of rotatable bonds is 12. The Labute approximate surface area is 198 Å². The minimum Gasteiger partial charge on any atom is -0.466 e. The van der Waals surface area contributed by atoms with Gasteiger partial charge in [-0.1, -0.05) is 42.1 Å². The lowest BCUT2D eigenvalue weighted by Gasteiger charge is -2.34. The summed E-state index contributed by atoms with van der Waals surface area (Å²) in [5.74, 6) is -2.22. The number of amides is 2. The Morgan fingerprint density at radius 2 is 2.03 bits per heavy atom. The van der Waals surface area contributed by atoms with E-state index in [-0.39, 0.29) is 35.9 Å². The number of hydrogen-bond donors (Lipinski definition) is 2. The molecule has 0 aliphatic carbocycles. The van der Waals surface area contributed by atoms with Gasteiger partial charge < -0.3 is 24.8 Å². The third kappa shape index (κ3) is 4.57. The topological polar surface area (TPSA) is 105 Å². The van der Waals surface area contributed by atoms with E-state index in [0.717, 1.165) is 38.5 Å². The summed E-state index contributed by atoms with van der Waals surface area (Å²) in [4.78, 5) is 41.5. The van der Waals surface area contributed by atoms with Crippen molar-refractivity contribution < 1.29 is 29.0 Å². The molecule has 8 nitrogen and oxygen atoms in total.